The predicted octanol–water partition coefficient (Wildman–Crippen LogP) is 22.5. The van der Waals surface area contributed by atoms with Crippen LogP contribution in [0.5, 0.6) is 0 Å². The van der Waals surface area contributed by atoms with Gasteiger partial charge in [0.1, 0.15) is 19.3 Å². The number of carbonyl (C=O) groups is 2. The quantitative estimate of drug-likeness (QED) is 0.0205. The Bertz CT molecular complexity index is 1710. The Balaban J connectivity index is 5.07. The van der Waals surface area contributed by atoms with E-state index in [1.807, 2.05) is 33.3 Å². The van der Waals surface area contributed by atoms with E-state index in [4.69, 9.17) is 13.8 Å². The lowest BCUT2D eigenvalue weighted by Crippen LogP contribution is -2.47. The first-order valence-electron chi connectivity index (χ1n) is 35.4. The Labute approximate surface area is 520 Å². The van der Waals surface area contributed by atoms with E-state index in [9.17, 15) is 19.0 Å². The van der Waals surface area contributed by atoms with Crippen molar-refractivity contribution in [3.05, 3.63) is 85.1 Å². The minimum Gasteiger partial charge on any atom is -0.456 e. The van der Waals surface area contributed by atoms with Crippen molar-refractivity contribution in [1.29, 1.82) is 0 Å². The van der Waals surface area contributed by atoms with Gasteiger partial charge in [0.2, 0.25) is 5.91 Å². The molecule has 1 amide bonds. The predicted molar refractivity (Wildman–Crippen MR) is 364 cm³/mol. The van der Waals surface area contributed by atoms with Gasteiger partial charge in [-0.1, -0.05) is 286 Å². The van der Waals surface area contributed by atoms with Gasteiger partial charge < -0.3 is 19.4 Å². The van der Waals surface area contributed by atoms with Crippen molar-refractivity contribution in [2.45, 2.75) is 335 Å². The number of allylic oxidation sites excluding steroid dienone is 13. The Kier molecular flexibility index (Phi) is 61.1. The zero-order valence-corrected chi connectivity index (χ0v) is 56.8. The van der Waals surface area contributed by atoms with Gasteiger partial charge in [0, 0.05) is 12.8 Å². The molecule has 0 fully saturated rings. The number of phosphoric acid groups is 1. The lowest BCUT2D eigenvalue weighted by atomic mass is 10.0. The van der Waals surface area contributed by atoms with Crippen molar-refractivity contribution in [3.8, 4) is 0 Å². The minimum absolute atomic E-state index is 0.0366. The molecular weight excluding hydrogens is 1060 g/mol. The van der Waals surface area contributed by atoms with Crippen molar-refractivity contribution in [2.24, 2.45) is 0 Å². The van der Waals surface area contributed by atoms with E-state index in [0.29, 0.717) is 17.4 Å². The van der Waals surface area contributed by atoms with E-state index in [0.717, 1.165) is 89.9 Å². The molecule has 0 spiro atoms. The van der Waals surface area contributed by atoms with Gasteiger partial charge in [0.05, 0.1) is 33.8 Å². The minimum atomic E-state index is -4.46. The maximum absolute atomic E-state index is 13.6. The van der Waals surface area contributed by atoms with E-state index in [-0.39, 0.29) is 31.5 Å². The lowest BCUT2D eigenvalue weighted by Gasteiger charge is -2.27. The summed E-state index contributed by atoms with van der Waals surface area (Å²) in [6, 6.07) is -0.856. The fourth-order valence-corrected chi connectivity index (χ4v) is 10.8. The third-order valence-corrected chi connectivity index (χ3v) is 16.5. The van der Waals surface area contributed by atoms with Gasteiger partial charge in [-0.05, 0) is 109 Å². The number of quaternary nitrogens is 1. The first-order valence-corrected chi connectivity index (χ1v) is 36.9. The number of carbonyl (C=O) groups excluding carboxylic acids is 2. The molecule has 9 nitrogen and oxygen atoms in total. The second-order valence-electron chi connectivity index (χ2n) is 25.0. The second kappa shape index (κ2) is 63.2. The third-order valence-electron chi connectivity index (χ3n) is 15.6. The van der Waals surface area contributed by atoms with E-state index in [1.54, 1.807) is 0 Å². The number of unbranched alkanes of at least 4 members (excludes halogenated alkanes) is 36. The molecule has 10 heteroatoms. The molecule has 488 valence electrons. The molecule has 0 aliphatic carbocycles. The molecule has 0 aliphatic rings. The van der Waals surface area contributed by atoms with Crippen LogP contribution in [0.4, 0.5) is 0 Å². The monoisotopic (exact) mass is 1200 g/mol. The van der Waals surface area contributed by atoms with Gasteiger partial charge in [-0.25, -0.2) is 4.57 Å². The summed E-state index contributed by atoms with van der Waals surface area (Å²) in [7, 11) is 1.49. The van der Waals surface area contributed by atoms with Crippen molar-refractivity contribution >= 4 is 19.7 Å². The maximum atomic E-state index is 13.6. The highest BCUT2D eigenvalue weighted by Gasteiger charge is 2.30. The SMILES string of the molecule is CCCCC/C=C\C/C=C\C/C=C\C/C=C\CCCCCCCCCCCCCC(=O)OC(/C=C\CCCCCCCCCCCC)C(COP(=O)(O)OCC[N+](C)(C)C)NC(=O)CCCCCCCCCCC/C=C\C/C=C\CCCCC. The summed E-state index contributed by atoms with van der Waals surface area (Å²) in [5, 5.41) is 3.07. The summed E-state index contributed by atoms with van der Waals surface area (Å²) in [6.45, 7) is 6.98. The molecule has 3 atom stereocenters. The van der Waals surface area contributed by atoms with Crippen molar-refractivity contribution < 1.29 is 37.3 Å². The number of amides is 1. The van der Waals surface area contributed by atoms with Crippen molar-refractivity contribution in [2.75, 3.05) is 40.9 Å². The molecule has 0 aliphatic heterocycles. The van der Waals surface area contributed by atoms with E-state index in [2.05, 4.69) is 99.0 Å². The molecule has 0 aromatic heterocycles. The highest BCUT2D eigenvalue weighted by atomic mass is 31.2. The van der Waals surface area contributed by atoms with Crippen LogP contribution in [0.1, 0.15) is 323 Å². The molecule has 3 unspecified atom stereocenters. The number of likely N-dealkylation sites (N-methyl/N-ethyl adjacent to an activating group) is 1. The molecule has 0 heterocycles. The van der Waals surface area contributed by atoms with Gasteiger partial charge in [-0.2, -0.15) is 0 Å². The molecule has 0 saturated carbocycles. The summed E-state index contributed by atoms with van der Waals surface area (Å²) in [5.74, 6) is -0.507. The average molecular weight is 1200 g/mol. The van der Waals surface area contributed by atoms with Crippen LogP contribution in [0.15, 0.2) is 85.1 Å². The van der Waals surface area contributed by atoms with Crippen LogP contribution in [0.3, 0.4) is 0 Å². The molecule has 0 bridgehead atoms. The normalized spacial score (nSPS) is 14.0. The number of nitrogens with one attached hydrogen (secondary N) is 1. The van der Waals surface area contributed by atoms with Crippen LogP contribution in [0.25, 0.3) is 0 Å². The Morgan fingerprint density at radius 3 is 1.11 bits per heavy atom. The van der Waals surface area contributed by atoms with Crippen LogP contribution >= 0.6 is 7.82 Å². The van der Waals surface area contributed by atoms with Crippen molar-refractivity contribution in [3.63, 3.8) is 0 Å². The smallest absolute Gasteiger partial charge is 0.456 e. The Morgan fingerprint density at radius 2 is 0.726 bits per heavy atom. The molecular formula is C74H136N2O7P+. The van der Waals surface area contributed by atoms with E-state index < -0.39 is 20.0 Å². The fraction of sp³-hybridized carbons (Fsp3) is 0.784. The highest BCUT2D eigenvalue weighted by molar-refractivity contribution is 7.47. The number of ether oxygens (including phenoxy) is 1. The van der Waals surface area contributed by atoms with Gasteiger partial charge in [0.15, 0.2) is 0 Å². The zero-order chi connectivity index (χ0) is 61.4. The lowest BCUT2D eigenvalue weighted by molar-refractivity contribution is -0.870. The fourth-order valence-electron chi connectivity index (χ4n) is 10.1. The number of hydrogen-bond acceptors (Lipinski definition) is 6. The van der Waals surface area contributed by atoms with Crippen LogP contribution in [0, 0.1) is 0 Å². The topological polar surface area (TPSA) is 111 Å². The molecule has 0 rings (SSSR count). The third kappa shape index (κ3) is 63.7. The number of phosphoric ester groups is 1. The summed E-state index contributed by atoms with van der Waals surface area (Å²) in [4.78, 5) is 37.9. The van der Waals surface area contributed by atoms with E-state index >= 15 is 0 Å². The number of esters is 1. The van der Waals surface area contributed by atoms with Crippen molar-refractivity contribution in [1.82, 2.24) is 5.32 Å². The Morgan fingerprint density at radius 1 is 0.417 bits per heavy atom. The summed E-state index contributed by atoms with van der Waals surface area (Å²) >= 11 is 0. The largest absolute Gasteiger partial charge is 0.472 e. The molecule has 0 saturated heterocycles. The number of hydrogen-bond donors (Lipinski definition) is 2. The summed E-state index contributed by atoms with van der Waals surface area (Å²) in [5.41, 5.74) is 0. The van der Waals surface area contributed by atoms with Crippen LogP contribution in [-0.4, -0.2) is 74.3 Å². The highest BCUT2D eigenvalue weighted by Crippen LogP contribution is 2.43. The van der Waals surface area contributed by atoms with E-state index in [1.165, 1.54) is 199 Å². The average Bonchev–Trinajstić information content (AvgIpc) is 3.65. The standard InChI is InChI=1S/C74H135N2O7P/c1-7-10-13-16-19-22-25-28-30-32-34-35-36-37-38-39-40-41-43-45-47-49-52-55-58-61-64-67-74(78)83-72(65-62-59-56-53-50-27-24-21-18-15-12-9-3)71(70-82-84(79,80)81-69-68-76(4,5)6)75-73(77)66-63-60-57-54-51-48-46-44-42-33-31-29-26-23-20-17-14-11-8-2/h19-20,22-23,28-31,34-35,37-38,62,65,71-72H,7-18,21,24-27,32-33,36,39-61,63-64,66-70H2,1-6H3,(H-,75,77,79,80)/p+1/b22-19-,23-20-,30-28-,31-29-,35-34-,38-37-,65-62-. The first-order chi connectivity index (χ1) is 40.9. The molecule has 84 heavy (non-hydrogen) atoms. The summed E-state index contributed by atoms with van der Waals surface area (Å²) < 4.78 is 30.8. The Hall–Kier alpha value is -2.81. The first kappa shape index (κ1) is 81.2. The second-order valence-corrected chi connectivity index (χ2v) is 26.5. The van der Waals surface area contributed by atoms with Gasteiger partial charge in [-0.15, -0.1) is 0 Å². The molecule has 2 N–H and O–H groups in total. The van der Waals surface area contributed by atoms with Gasteiger partial charge in [0.25, 0.3) is 0 Å². The number of rotatable bonds is 64. The zero-order valence-electron chi connectivity index (χ0n) is 55.9. The summed E-state index contributed by atoms with van der Waals surface area (Å²) in [6.07, 6.45) is 84.4. The van der Waals surface area contributed by atoms with Crippen LogP contribution < -0.4 is 5.32 Å². The van der Waals surface area contributed by atoms with Crippen LogP contribution in [0.2, 0.25) is 0 Å². The van der Waals surface area contributed by atoms with Gasteiger partial charge in [-0.3, -0.25) is 18.6 Å². The maximum Gasteiger partial charge on any atom is 0.472 e. The van der Waals surface area contributed by atoms with Crippen LogP contribution in [-0.2, 0) is 27.9 Å². The molecule has 0 aromatic carbocycles. The molecule has 0 radical (unpaired) electrons. The van der Waals surface area contributed by atoms with Gasteiger partial charge >= 0.3 is 13.8 Å². The molecule has 0 aromatic rings. The number of nitrogens with zero attached hydrogens (tertiary/aromatic N) is 1.